The molecule has 1 saturated carbocycles. The van der Waals surface area contributed by atoms with E-state index in [4.69, 9.17) is 30.8 Å². The second-order valence-corrected chi connectivity index (χ2v) is 7.13. The van der Waals surface area contributed by atoms with Crippen molar-refractivity contribution < 1.29 is 24.0 Å². The van der Waals surface area contributed by atoms with Gasteiger partial charge in [-0.05, 0) is 42.7 Å². The van der Waals surface area contributed by atoms with Crippen molar-refractivity contribution in [1.29, 1.82) is 0 Å². The third kappa shape index (κ3) is 5.37. The Morgan fingerprint density at radius 1 is 1.00 bits per heavy atom. The fourth-order valence-electron chi connectivity index (χ4n) is 3.71. The van der Waals surface area contributed by atoms with Crippen LogP contribution in [0.1, 0.15) is 39.5 Å². The van der Waals surface area contributed by atoms with Crippen LogP contribution in [0.5, 0.6) is 0 Å². The van der Waals surface area contributed by atoms with Gasteiger partial charge in [0.1, 0.15) is 5.54 Å². The summed E-state index contributed by atoms with van der Waals surface area (Å²) in [6.45, 7) is 4.02. The summed E-state index contributed by atoms with van der Waals surface area (Å²) in [5.41, 5.74) is 1.84. The SMILES string of the molecule is CC(C)C(=O)C1(n2cccc2-c2ccc(Cl)cc2)CCCC1.O=C=O.O=C=O. The number of aromatic nitrogens is 1. The lowest BCUT2D eigenvalue weighted by Crippen LogP contribution is -2.41. The van der Waals surface area contributed by atoms with E-state index in [1.165, 1.54) is 0 Å². The lowest BCUT2D eigenvalue weighted by molar-refractivity contribution is -0.193. The van der Waals surface area contributed by atoms with Gasteiger partial charge in [0.25, 0.3) is 0 Å². The van der Waals surface area contributed by atoms with Crippen LogP contribution in [0, 0.1) is 5.92 Å². The van der Waals surface area contributed by atoms with Crippen molar-refractivity contribution in [2.45, 2.75) is 45.1 Å². The van der Waals surface area contributed by atoms with E-state index in [1.54, 1.807) is 0 Å². The lowest BCUT2D eigenvalue weighted by Gasteiger charge is -2.33. The first-order valence-electron chi connectivity index (χ1n) is 8.84. The molecule has 148 valence electrons. The Morgan fingerprint density at radius 2 is 1.50 bits per heavy atom. The van der Waals surface area contributed by atoms with E-state index in [1.807, 2.05) is 44.2 Å². The summed E-state index contributed by atoms with van der Waals surface area (Å²) < 4.78 is 2.21. The van der Waals surface area contributed by atoms with E-state index in [0.29, 0.717) is 5.78 Å². The number of hydrogen-bond donors (Lipinski definition) is 0. The maximum absolute atomic E-state index is 13.0. The average Bonchev–Trinajstić information content (AvgIpc) is 3.33. The van der Waals surface area contributed by atoms with Crippen molar-refractivity contribution in [2.75, 3.05) is 0 Å². The molecule has 0 amide bonds. The van der Waals surface area contributed by atoms with E-state index < -0.39 is 0 Å². The van der Waals surface area contributed by atoms with Crippen molar-refractivity contribution in [1.82, 2.24) is 4.57 Å². The summed E-state index contributed by atoms with van der Waals surface area (Å²) in [6.07, 6.45) is 6.70. The highest BCUT2D eigenvalue weighted by molar-refractivity contribution is 6.30. The molecule has 1 fully saturated rings. The van der Waals surface area contributed by atoms with Gasteiger partial charge in [-0.1, -0.05) is 50.4 Å². The highest BCUT2D eigenvalue weighted by Gasteiger charge is 2.44. The van der Waals surface area contributed by atoms with Gasteiger partial charge in [-0.3, -0.25) is 4.79 Å². The molecule has 0 aliphatic heterocycles. The molecule has 28 heavy (non-hydrogen) atoms. The molecule has 1 heterocycles. The van der Waals surface area contributed by atoms with Crippen LogP contribution in [0.4, 0.5) is 0 Å². The van der Waals surface area contributed by atoms with Crippen molar-refractivity contribution in [3.63, 3.8) is 0 Å². The van der Waals surface area contributed by atoms with Gasteiger partial charge in [0.15, 0.2) is 5.78 Å². The third-order valence-electron chi connectivity index (χ3n) is 4.76. The minimum Gasteiger partial charge on any atom is -0.334 e. The first-order chi connectivity index (χ1) is 13.4. The molecule has 0 spiro atoms. The number of halogens is 1. The molecule has 6 nitrogen and oxygen atoms in total. The number of Topliss-reactive ketones (excluding diaryl/α,β-unsaturated/α-hetero) is 1. The fraction of sp³-hybridized carbons (Fsp3) is 0.381. The summed E-state index contributed by atoms with van der Waals surface area (Å²) >= 11 is 6.00. The number of benzene rings is 1. The smallest absolute Gasteiger partial charge is 0.334 e. The molecule has 1 aromatic carbocycles. The van der Waals surface area contributed by atoms with E-state index in [9.17, 15) is 4.79 Å². The number of hydrogen-bond acceptors (Lipinski definition) is 5. The van der Waals surface area contributed by atoms with Gasteiger partial charge in [-0.15, -0.1) is 0 Å². The van der Waals surface area contributed by atoms with Gasteiger partial charge in [0.2, 0.25) is 0 Å². The number of carbonyl (C=O) groups excluding carboxylic acids is 5. The quantitative estimate of drug-likeness (QED) is 0.765. The minimum absolute atomic E-state index is 0.0542. The normalized spacial score (nSPS) is 14.0. The molecule has 0 N–H and O–H groups in total. The maximum atomic E-state index is 13.0. The van der Waals surface area contributed by atoms with Gasteiger partial charge in [0, 0.05) is 22.8 Å². The molecule has 0 saturated heterocycles. The predicted molar refractivity (Wildman–Crippen MR) is 101 cm³/mol. The van der Waals surface area contributed by atoms with Crippen LogP contribution in [0.15, 0.2) is 42.6 Å². The number of carbonyl (C=O) groups is 1. The van der Waals surface area contributed by atoms with E-state index >= 15 is 0 Å². The van der Waals surface area contributed by atoms with E-state index in [0.717, 1.165) is 42.0 Å². The third-order valence-corrected chi connectivity index (χ3v) is 5.02. The van der Waals surface area contributed by atoms with E-state index in [2.05, 4.69) is 16.8 Å². The van der Waals surface area contributed by atoms with Crippen LogP contribution < -0.4 is 0 Å². The second-order valence-electron chi connectivity index (χ2n) is 6.69. The predicted octanol–water partition coefficient (Wildman–Crippen LogP) is 4.14. The molecule has 0 bridgehead atoms. The van der Waals surface area contributed by atoms with Crippen LogP contribution in [0.25, 0.3) is 11.3 Å². The molecular formula is C21H22ClNO5. The number of rotatable bonds is 4. The maximum Gasteiger partial charge on any atom is 0.373 e. The Hall–Kier alpha value is -2.78. The molecule has 0 unspecified atom stereocenters. The largest absolute Gasteiger partial charge is 0.373 e. The first kappa shape index (κ1) is 23.3. The van der Waals surface area contributed by atoms with Crippen molar-refractivity contribution in [3.8, 4) is 11.3 Å². The molecule has 3 rings (SSSR count). The van der Waals surface area contributed by atoms with E-state index in [-0.39, 0.29) is 23.8 Å². The zero-order chi connectivity index (χ0) is 21.2. The second kappa shape index (κ2) is 11.2. The first-order valence-corrected chi connectivity index (χ1v) is 9.22. The highest BCUT2D eigenvalue weighted by atomic mass is 35.5. The number of ketones is 1. The van der Waals surface area contributed by atoms with Gasteiger partial charge in [0.05, 0.1) is 0 Å². The van der Waals surface area contributed by atoms with Gasteiger partial charge in [-0.2, -0.15) is 19.2 Å². The van der Waals surface area contributed by atoms with Gasteiger partial charge >= 0.3 is 12.3 Å². The van der Waals surface area contributed by atoms with Gasteiger partial charge < -0.3 is 4.57 Å². The Balaban J connectivity index is 0.000000582. The Bertz CT molecular complexity index is 824. The highest BCUT2D eigenvalue weighted by Crippen LogP contribution is 2.42. The minimum atomic E-state index is -0.368. The average molecular weight is 404 g/mol. The summed E-state index contributed by atoms with van der Waals surface area (Å²) in [5.74, 6) is 0.412. The molecule has 1 aromatic heterocycles. The van der Waals surface area contributed by atoms with Crippen LogP contribution in [0.3, 0.4) is 0 Å². The summed E-state index contributed by atoms with van der Waals surface area (Å²) in [5, 5.41) is 0.732. The molecule has 1 aliphatic rings. The monoisotopic (exact) mass is 403 g/mol. The topological polar surface area (TPSA) is 90.3 Å². The fourth-order valence-corrected chi connectivity index (χ4v) is 3.84. The molecule has 0 atom stereocenters. The van der Waals surface area contributed by atoms with Crippen molar-refractivity contribution >= 4 is 29.7 Å². The Kier molecular flexibility index (Phi) is 9.26. The van der Waals surface area contributed by atoms with Crippen LogP contribution in [-0.2, 0) is 29.5 Å². The Morgan fingerprint density at radius 3 is 1.96 bits per heavy atom. The van der Waals surface area contributed by atoms with Gasteiger partial charge in [-0.25, -0.2) is 0 Å². The Labute approximate surface area is 168 Å². The zero-order valence-corrected chi connectivity index (χ0v) is 16.6. The summed E-state index contributed by atoms with van der Waals surface area (Å²) in [7, 11) is 0. The number of nitrogens with zero attached hydrogens (tertiary/aromatic N) is 1. The zero-order valence-electron chi connectivity index (χ0n) is 15.8. The van der Waals surface area contributed by atoms with Crippen LogP contribution >= 0.6 is 11.6 Å². The molecule has 2 aromatic rings. The molecule has 7 heteroatoms. The summed E-state index contributed by atoms with van der Waals surface area (Å²) in [4.78, 5) is 45.5. The standard InChI is InChI=1S/C19H22ClNO.2CO2/c1-14(2)18(22)19(11-3-4-12-19)21-13-5-6-17(21)15-7-9-16(20)10-8-15;2*2-1-3/h5-10,13-14H,3-4,11-12H2,1-2H3;;. The molecule has 1 aliphatic carbocycles. The van der Waals surface area contributed by atoms with Crippen LogP contribution in [0.2, 0.25) is 5.02 Å². The van der Waals surface area contributed by atoms with Crippen molar-refractivity contribution in [3.05, 3.63) is 47.6 Å². The molecule has 0 radical (unpaired) electrons. The lowest BCUT2D eigenvalue weighted by atomic mass is 9.85. The summed E-state index contributed by atoms with van der Waals surface area (Å²) in [6, 6.07) is 12.0. The van der Waals surface area contributed by atoms with Crippen molar-refractivity contribution in [2.24, 2.45) is 5.92 Å². The molecular weight excluding hydrogens is 382 g/mol. The van der Waals surface area contributed by atoms with Crippen LogP contribution in [-0.4, -0.2) is 22.7 Å².